The number of likely N-dealkylation sites (N-methyl/N-ethyl adjacent to an activating group) is 1. The number of benzene rings is 1. The Bertz CT molecular complexity index is 483. The van der Waals surface area contributed by atoms with Crippen molar-refractivity contribution in [3.05, 3.63) is 23.8 Å². The first-order valence-corrected chi connectivity index (χ1v) is 5.22. The van der Waals surface area contributed by atoms with E-state index >= 15 is 0 Å². The highest BCUT2D eigenvalue weighted by Crippen LogP contribution is 2.43. The minimum atomic E-state index is -0.649. The molecule has 1 aromatic carbocycles. The topological polar surface area (TPSA) is 66.8 Å². The number of ether oxygens (including phenoxy) is 1. The minimum Gasteiger partial charge on any atom is -0.508 e. The van der Waals surface area contributed by atoms with Crippen LogP contribution in [-0.2, 0) is 14.3 Å². The number of hydrogen-bond acceptors (Lipinski definition) is 4. The predicted octanol–water partition coefficient (Wildman–Crippen LogP) is 1.02. The van der Waals surface area contributed by atoms with Crippen molar-refractivity contribution in [1.29, 1.82) is 0 Å². The Kier molecular flexibility index (Phi) is 2.75. The standard InChI is InChI=1S/C12H13NO4/c1-13-8-4-3-5-9(14)11(8)7(12(13)16)6-10(15)17-2/h3-5,7,14H,6H2,1-2H3/t7-/m0/s1. The molecule has 0 bridgehead atoms. The zero-order chi connectivity index (χ0) is 12.6. The average molecular weight is 235 g/mol. The van der Waals surface area contributed by atoms with E-state index in [1.165, 1.54) is 18.1 Å². The third kappa shape index (κ3) is 1.73. The third-order valence-electron chi connectivity index (χ3n) is 3.00. The second kappa shape index (κ2) is 4.08. The van der Waals surface area contributed by atoms with E-state index in [9.17, 15) is 14.7 Å². The first-order chi connectivity index (χ1) is 8.06. The van der Waals surface area contributed by atoms with Gasteiger partial charge in [0.2, 0.25) is 5.91 Å². The van der Waals surface area contributed by atoms with E-state index in [4.69, 9.17) is 0 Å². The van der Waals surface area contributed by atoms with Crippen molar-refractivity contribution in [3.8, 4) is 5.75 Å². The van der Waals surface area contributed by atoms with Crippen LogP contribution in [-0.4, -0.2) is 31.1 Å². The number of anilines is 1. The lowest BCUT2D eigenvalue weighted by atomic mass is 9.96. The van der Waals surface area contributed by atoms with Gasteiger partial charge in [-0.05, 0) is 12.1 Å². The Hall–Kier alpha value is -2.04. The number of amides is 1. The Morgan fingerprint density at radius 1 is 1.53 bits per heavy atom. The highest BCUT2D eigenvalue weighted by atomic mass is 16.5. The number of aromatic hydroxyl groups is 1. The molecule has 0 fully saturated rings. The number of fused-ring (bicyclic) bond motifs is 1. The maximum absolute atomic E-state index is 12.0. The van der Waals surface area contributed by atoms with E-state index in [0.29, 0.717) is 11.3 Å². The van der Waals surface area contributed by atoms with Crippen molar-refractivity contribution >= 4 is 17.6 Å². The molecule has 0 aliphatic carbocycles. The van der Waals surface area contributed by atoms with Gasteiger partial charge in [-0.2, -0.15) is 0 Å². The highest BCUT2D eigenvalue weighted by Gasteiger charge is 2.38. The first-order valence-electron chi connectivity index (χ1n) is 5.22. The van der Waals surface area contributed by atoms with Crippen molar-refractivity contribution in [3.63, 3.8) is 0 Å². The van der Waals surface area contributed by atoms with Crippen LogP contribution in [0.4, 0.5) is 5.69 Å². The number of carbonyl (C=O) groups excluding carboxylic acids is 2. The van der Waals surface area contributed by atoms with Gasteiger partial charge in [-0.15, -0.1) is 0 Å². The number of hydrogen-bond donors (Lipinski definition) is 1. The molecule has 0 saturated carbocycles. The molecule has 1 aliphatic heterocycles. The van der Waals surface area contributed by atoms with Crippen LogP contribution >= 0.6 is 0 Å². The molecule has 1 atom stereocenters. The maximum atomic E-state index is 12.0. The Morgan fingerprint density at radius 2 is 2.24 bits per heavy atom. The molecule has 1 N–H and O–H groups in total. The van der Waals surface area contributed by atoms with Gasteiger partial charge >= 0.3 is 5.97 Å². The molecule has 0 radical (unpaired) electrons. The van der Waals surface area contributed by atoms with Gasteiger partial charge in [-0.1, -0.05) is 6.07 Å². The van der Waals surface area contributed by atoms with Crippen LogP contribution in [0.25, 0.3) is 0 Å². The summed E-state index contributed by atoms with van der Waals surface area (Å²) in [6.07, 6.45) is -0.0513. The number of carbonyl (C=O) groups is 2. The third-order valence-corrected chi connectivity index (χ3v) is 3.00. The van der Waals surface area contributed by atoms with Crippen LogP contribution in [0.1, 0.15) is 17.9 Å². The number of phenols is 1. The van der Waals surface area contributed by atoms with E-state index in [1.54, 1.807) is 19.2 Å². The summed E-state index contributed by atoms with van der Waals surface area (Å²) in [4.78, 5) is 24.7. The van der Waals surface area contributed by atoms with E-state index in [2.05, 4.69) is 4.74 Å². The van der Waals surface area contributed by atoms with Gasteiger partial charge < -0.3 is 14.7 Å². The van der Waals surface area contributed by atoms with Crippen LogP contribution < -0.4 is 4.90 Å². The normalized spacial score (nSPS) is 18.1. The zero-order valence-electron chi connectivity index (χ0n) is 9.64. The highest BCUT2D eigenvalue weighted by molar-refractivity contribution is 6.06. The average Bonchev–Trinajstić information content (AvgIpc) is 2.56. The number of esters is 1. The largest absolute Gasteiger partial charge is 0.508 e. The number of nitrogens with zero attached hydrogens (tertiary/aromatic N) is 1. The predicted molar refractivity (Wildman–Crippen MR) is 60.9 cm³/mol. The number of phenolic OH excluding ortho intramolecular Hbond substituents is 1. The summed E-state index contributed by atoms with van der Waals surface area (Å²) in [6, 6.07) is 4.91. The van der Waals surface area contributed by atoms with Gasteiger partial charge in [0.1, 0.15) is 5.75 Å². The van der Waals surface area contributed by atoms with Gasteiger partial charge in [-0.25, -0.2) is 0 Å². The summed E-state index contributed by atoms with van der Waals surface area (Å²) in [7, 11) is 2.90. The zero-order valence-corrected chi connectivity index (χ0v) is 9.64. The van der Waals surface area contributed by atoms with Crippen LogP contribution in [0.2, 0.25) is 0 Å². The second-order valence-electron chi connectivity index (χ2n) is 3.94. The molecule has 2 rings (SSSR count). The second-order valence-corrected chi connectivity index (χ2v) is 3.94. The Balaban J connectivity index is 2.43. The summed E-state index contributed by atoms with van der Waals surface area (Å²) in [5, 5.41) is 9.79. The molecule has 1 aromatic rings. The van der Waals surface area contributed by atoms with Crippen molar-refractivity contribution in [1.82, 2.24) is 0 Å². The maximum Gasteiger partial charge on any atom is 0.306 e. The van der Waals surface area contributed by atoms with Gasteiger partial charge in [0, 0.05) is 12.6 Å². The molecule has 5 nitrogen and oxygen atoms in total. The number of rotatable bonds is 2. The molecule has 1 aliphatic rings. The fraction of sp³-hybridized carbons (Fsp3) is 0.333. The van der Waals surface area contributed by atoms with Gasteiger partial charge in [-0.3, -0.25) is 9.59 Å². The molecule has 0 saturated heterocycles. The first kappa shape index (κ1) is 11.4. The van der Waals surface area contributed by atoms with E-state index in [-0.39, 0.29) is 18.1 Å². The lowest BCUT2D eigenvalue weighted by Crippen LogP contribution is -2.25. The SMILES string of the molecule is COC(=O)C[C@@H]1C(=O)N(C)c2cccc(O)c21. The van der Waals surface area contributed by atoms with Crippen LogP contribution in [0.15, 0.2) is 18.2 Å². The van der Waals surface area contributed by atoms with Gasteiger partial charge in [0.25, 0.3) is 0 Å². The van der Waals surface area contributed by atoms with Crippen LogP contribution in [0.5, 0.6) is 5.75 Å². The molecule has 5 heteroatoms. The molecule has 1 amide bonds. The summed E-state index contributed by atoms with van der Waals surface area (Å²) in [6.45, 7) is 0. The van der Waals surface area contributed by atoms with Gasteiger partial charge in [0.15, 0.2) is 0 Å². The Labute approximate surface area is 98.6 Å². The smallest absolute Gasteiger partial charge is 0.306 e. The van der Waals surface area contributed by atoms with Crippen molar-refractivity contribution < 1.29 is 19.4 Å². The summed E-state index contributed by atoms with van der Waals surface area (Å²) >= 11 is 0. The monoisotopic (exact) mass is 235 g/mol. The van der Waals surface area contributed by atoms with Crippen LogP contribution in [0, 0.1) is 0 Å². The lowest BCUT2D eigenvalue weighted by Gasteiger charge is -2.09. The lowest BCUT2D eigenvalue weighted by molar-refractivity contribution is -0.142. The Morgan fingerprint density at radius 3 is 2.88 bits per heavy atom. The fourth-order valence-electron chi connectivity index (χ4n) is 2.11. The van der Waals surface area contributed by atoms with Gasteiger partial charge in [0.05, 0.1) is 25.1 Å². The van der Waals surface area contributed by atoms with E-state index in [0.717, 1.165) is 0 Å². The van der Waals surface area contributed by atoms with E-state index in [1.807, 2.05) is 0 Å². The van der Waals surface area contributed by atoms with Crippen LogP contribution in [0.3, 0.4) is 0 Å². The fourth-order valence-corrected chi connectivity index (χ4v) is 2.11. The number of methoxy groups -OCH3 is 1. The summed E-state index contributed by atoms with van der Waals surface area (Å²) < 4.78 is 4.56. The molecular weight excluding hydrogens is 222 g/mol. The molecule has 0 unspecified atom stereocenters. The van der Waals surface area contributed by atoms with Crippen molar-refractivity contribution in [2.24, 2.45) is 0 Å². The molecule has 17 heavy (non-hydrogen) atoms. The minimum absolute atomic E-state index is 0.0362. The van der Waals surface area contributed by atoms with Crippen molar-refractivity contribution in [2.75, 3.05) is 19.1 Å². The quantitative estimate of drug-likeness (QED) is 0.777. The summed E-state index contributed by atoms with van der Waals surface area (Å²) in [5.74, 6) is -1.28. The van der Waals surface area contributed by atoms with E-state index < -0.39 is 11.9 Å². The summed E-state index contributed by atoms with van der Waals surface area (Å²) in [5.41, 5.74) is 1.15. The molecule has 0 spiro atoms. The van der Waals surface area contributed by atoms with Crippen molar-refractivity contribution in [2.45, 2.75) is 12.3 Å². The molecule has 0 aromatic heterocycles. The molecule has 90 valence electrons. The molecule has 1 heterocycles. The molecular formula is C12H13NO4.